The van der Waals surface area contributed by atoms with Gasteiger partial charge in [-0.2, -0.15) is 0 Å². The van der Waals surface area contributed by atoms with Crippen LogP contribution in [0.3, 0.4) is 0 Å². The van der Waals surface area contributed by atoms with E-state index in [4.69, 9.17) is 15.0 Å². The molecule has 0 saturated carbocycles. The summed E-state index contributed by atoms with van der Waals surface area (Å²) in [5.41, 5.74) is 0. The molecule has 40 valence electrons. The van der Waals surface area contributed by atoms with Crippen molar-refractivity contribution in [1.82, 2.24) is 0 Å². The first-order valence-electron chi connectivity index (χ1n) is 0.913. The topological polar surface area (TPSA) is 81.8 Å². The molecule has 0 aromatic heterocycles. The Morgan fingerprint density at radius 2 is 2.14 bits per heavy atom. The summed E-state index contributed by atoms with van der Waals surface area (Å²) >= 11 is 0. The van der Waals surface area contributed by atoms with Crippen LogP contribution in [0.4, 0.5) is 0 Å². The third-order valence-corrected chi connectivity index (χ3v) is 0.100. The fraction of sp³-hybridized carbons (Fsp3) is 0. The van der Waals surface area contributed by atoms with Crippen LogP contribution in [0.2, 0.25) is 0 Å². The van der Waals surface area contributed by atoms with Crippen LogP contribution in [0.15, 0.2) is 5.34 Å². The summed E-state index contributed by atoms with van der Waals surface area (Å²) in [6.45, 7) is 0. The van der Waals surface area contributed by atoms with Crippen molar-refractivity contribution in [2.24, 2.45) is 5.34 Å². The minimum atomic E-state index is -1.30. The summed E-state index contributed by atoms with van der Waals surface area (Å²) in [6, 6.07) is 0. The van der Waals surface area contributed by atoms with E-state index in [1.54, 1.807) is 0 Å². The van der Waals surface area contributed by atoms with Gasteiger partial charge in [-0.1, -0.05) is 0 Å². The van der Waals surface area contributed by atoms with Gasteiger partial charge in [-0.05, 0) is 0 Å². The normalized spacial score (nSPS) is 5.71. The van der Waals surface area contributed by atoms with Crippen LogP contribution in [-0.2, 0) is 24.4 Å². The Bertz CT molecular complexity index is 70.1. The van der Waals surface area contributed by atoms with Crippen molar-refractivity contribution in [1.29, 1.82) is 0 Å². The van der Waals surface area contributed by atoms with E-state index in [0.717, 1.165) is 0 Å². The largest absolute Gasteiger partial charge is 2.00 e. The van der Waals surface area contributed by atoms with Gasteiger partial charge < -0.3 is 0 Å². The fourth-order valence-electron chi connectivity index (χ4n) is 0.0272. The van der Waals surface area contributed by atoms with E-state index >= 15 is 0 Å². The van der Waals surface area contributed by atoms with Gasteiger partial charge in [-0.15, -0.1) is 4.94 Å². The molecule has 0 fully saturated rings. The van der Waals surface area contributed by atoms with Gasteiger partial charge in [-0.3, -0.25) is 0 Å². The number of hydrogen-bond acceptors (Lipinski definition) is 5. The van der Waals surface area contributed by atoms with Crippen molar-refractivity contribution in [3.05, 3.63) is 15.0 Å². The van der Waals surface area contributed by atoms with Crippen LogP contribution in [0.5, 0.6) is 0 Å². The quantitative estimate of drug-likeness (QED) is 0.265. The van der Waals surface area contributed by atoms with E-state index in [1.165, 1.54) is 5.34 Å². The van der Waals surface area contributed by atoms with Crippen LogP contribution < -0.4 is 0 Å². The molecule has 0 amide bonds. The molecule has 0 aromatic carbocycles. The first-order chi connectivity index (χ1) is 2.77. The number of hydrogen-bond donors (Lipinski definition) is 0. The van der Waals surface area contributed by atoms with Crippen molar-refractivity contribution in [3.63, 3.8) is 0 Å². The molecule has 0 saturated heterocycles. The van der Waals surface area contributed by atoms with E-state index < -0.39 is 5.09 Å². The first-order valence-corrected chi connectivity index (χ1v) is 0.913. The molecule has 7 heteroatoms. The second-order valence-corrected chi connectivity index (χ2v) is 0.380. The van der Waals surface area contributed by atoms with Crippen LogP contribution in [0, 0.1) is 15.0 Å². The first kappa shape index (κ1) is 9.66. The third-order valence-electron chi connectivity index (χ3n) is 0.100. The zero-order chi connectivity index (χ0) is 4.99. The Morgan fingerprint density at radius 3 is 2.14 bits per heavy atom. The molecule has 0 radical (unpaired) electrons. The van der Waals surface area contributed by atoms with Gasteiger partial charge in [0.05, 0.1) is 0 Å². The summed E-state index contributed by atoms with van der Waals surface area (Å²) in [5, 5.41) is 9.08. The molecule has 7 heavy (non-hydrogen) atoms. The average molecular weight is 193 g/mol. The van der Waals surface area contributed by atoms with Crippen molar-refractivity contribution in [2.75, 3.05) is 0 Å². The Hall–Kier alpha value is -0.577. The molecule has 0 unspecified atom stereocenters. The molecule has 0 aliphatic rings. The molecule has 0 aliphatic carbocycles. The van der Waals surface area contributed by atoms with Gasteiger partial charge in [0.25, 0.3) is 0 Å². The van der Waals surface area contributed by atoms with E-state index in [1.807, 2.05) is 0 Å². The Labute approximate surface area is 50.6 Å². The Kier molecular flexibility index (Phi) is 7.48. The van der Waals surface area contributed by atoms with Gasteiger partial charge in [0.2, 0.25) is 0 Å². The average Bonchev–Trinajstić information content (AvgIpc) is 1.35. The zero-order valence-corrected chi connectivity index (χ0v) is 4.62. The fourth-order valence-corrected chi connectivity index (χ4v) is 0.0272. The van der Waals surface area contributed by atoms with Crippen molar-refractivity contribution < 1.29 is 29.5 Å². The van der Waals surface area contributed by atoms with Crippen molar-refractivity contribution in [3.8, 4) is 0 Å². The number of nitrogens with zero attached hydrogens (tertiary/aromatic N) is 2. The molecule has 0 heterocycles. The van der Waals surface area contributed by atoms with Gasteiger partial charge in [0.1, 0.15) is 0 Å². The molecular formula is N2O4Ru+2. The molecule has 0 atom stereocenters. The van der Waals surface area contributed by atoms with E-state index in [9.17, 15) is 0 Å². The SMILES string of the molecule is O=NO[N+](=O)[O-].[Ru+2]. The molecular weight excluding hydrogens is 193 g/mol. The second-order valence-electron chi connectivity index (χ2n) is 0.380. The van der Waals surface area contributed by atoms with Crippen LogP contribution in [0.25, 0.3) is 0 Å². The monoisotopic (exact) mass is 194 g/mol. The standard InChI is InChI=1S/N2O4.Ru/c3-1-6-2(4)5;/q;+2. The molecule has 0 rings (SSSR count). The molecule has 0 aromatic rings. The van der Waals surface area contributed by atoms with Crippen molar-refractivity contribution in [2.45, 2.75) is 0 Å². The smallest absolute Gasteiger partial charge is 0.218 e. The van der Waals surface area contributed by atoms with Gasteiger partial charge in [0, 0.05) is 4.91 Å². The Morgan fingerprint density at radius 1 is 1.71 bits per heavy atom. The summed E-state index contributed by atoms with van der Waals surface area (Å²) in [4.78, 5) is 20.4. The third kappa shape index (κ3) is 10.8. The van der Waals surface area contributed by atoms with Gasteiger partial charge >= 0.3 is 24.8 Å². The second kappa shape index (κ2) is 5.42. The summed E-state index contributed by atoms with van der Waals surface area (Å²) in [6.07, 6.45) is 0. The van der Waals surface area contributed by atoms with E-state index in [2.05, 4.69) is 4.94 Å². The summed E-state index contributed by atoms with van der Waals surface area (Å²) in [7, 11) is 0. The van der Waals surface area contributed by atoms with Crippen LogP contribution in [0.1, 0.15) is 0 Å². The molecule has 6 nitrogen and oxygen atoms in total. The summed E-state index contributed by atoms with van der Waals surface area (Å²) < 4.78 is 0. The maximum absolute atomic E-state index is 8.89. The minimum absolute atomic E-state index is 0. The van der Waals surface area contributed by atoms with Crippen LogP contribution in [-0.4, -0.2) is 5.09 Å². The van der Waals surface area contributed by atoms with E-state index in [-0.39, 0.29) is 19.5 Å². The maximum Gasteiger partial charge on any atom is 2.00 e. The molecule has 0 bridgehead atoms. The van der Waals surface area contributed by atoms with Gasteiger partial charge in [-0.25, -0.2) is 10.1 Å². The maximum atomic E-state index is 8.89. The van der Waals surface area contributed by atoms with Gasteiger partial charge in [0.15, 0.2) is 5.09 Å². The zero-order valence-electron chi connectivity index (χ0n) is 2.88. The number of rotatable bonds is 2. The van der Waals surface area contributed by atoms with Crippen LogP contribution >= 0.6 is 0 Å². The van der Waals surface area contributed by atoms with Crippen molar-refractivity contribution >= 4 is 0 Å². The molecule has 0 N–H and O–H groups in total. The minimum Gasteiger partial charge on any atom is -0.218 e. The molecule has 0 aliphatic heterocycles. The van der Waals surface area contributed by atoms with E-state index in [0.29, 0.717) is 0 Å². The predicted molar refractivity (Wildman–Crippen MR) is 13.9 cm³/mol. The predicted octanol–water partition coefficient (Wildman–Crippen LogP) is -0.126. The Balaban J connectivity index is 0. The molecule has 0 spiro atoms. The summed E-state index contributed by atoms with van der Waals surface area (Å²) in [5.74, 6) is 0.